The van der Waals surface area contributed by atoms with Crippen LogP contribution in [0.3, 0.4) is 0 Å². The second-order valence-electron chi connectivity index (χ2n) is 3.08. The van der Waals surface area contributed by atoms with Crippen LogP contribution in [-0.4, -0.2) is 15.7 Å². The third-order valence-corrected chi connectivity index (χ3v) is 2.19. The topological polar surface area (TPSA) is 29.9 Å². The Balaban J connectivity index is 1.90. The van der Waals surface area contributed by atoms with Gasteiger partial charge in [-0.2, -0.15) is 0 Å². The maximum absolute atomic E-state index is 3.96. The van der Waals surface area contributed by atoms with Crippen LogP contribution in [0.15, 0.2) is 18.7 Å². The van der Waals surface area contributed by atoms with Crippen molar-refractivity contribution in [2.24, 2.45) is 0 Å². The van der Waals surface area contributed by atoms with Crippen molar-refractivity contribution < 1.29 is 0 Å². The van der Waals surface area contributed by atoms with Crippen molar-refractivity contribution in [1.29, 1.82) is 0 Å². The highest BCUT2D eigenvalue weighted by molar-refractivity contribution is 4.88. The lowest BCUT2D eigenvalue weighted by Gasteiger charge is -2.12. The predicted molar refractivity (Wildman–Crippen MR) is 43.8 cm³/mol. The first-order valence-electron chi connectivity index (χ1n) is 4.19. The molecule has 11 heavy (non-hydrogen) atoms. The molecule has 60 valence electrons. The van der Waals surface area contributed by atoms with E-state index >= 15 is 0 Å². The fourth-order valence-electron chi connectivity index (χ4n) is 1.60. The van der Waals surface area contributed by atoms with Crippen LogP contribution in [0.4, 0.5) is 0 Å². The van der Waals surface area contributed by atoms with Gasteiger partial charge in [0, 0.05) is 18.4 Å². The monoisotopic (exact) mass is 151 g/mol. The number of aromatic nitrogens is 2. The largest absolute Gasteiger partial charge is 0.322 e. The molecule has 2 rings (SSSR count). The Kier molecular flexibility index (Phi) is 1.79. The van der Waals surface area contributed by atoms with Crippen LogP contribution >= 0.6 is 0 Å². The van der Waals surface area contributed by atoms with Gasteiger partial charge in [0.15, 0.2) is 0 Å². The van der Waals surface area contributed by atoms with E-state index in [2.05, 4.69) is 10.4 Å². The Morgan fingerprint density at radius 3 is 2.82 bits per heavy atom. The summed E-state index contributed by atoms with van der Waals surface area (Å²) in [5, 5.41) is 0. The van der Waals surface area contributed by atoms with Crippen LogP contribution in [0.5, 0.6) is 0 Å². The molecule has 1 saturated carbocycles. The molecular weight excluding hydrogens is 138 g/mol. The zero-order chi connectivity index (χ0) is 7.52. The molecule has 0 radical (unpaired) electrons. The van der Waals surface area contributed by atoms with Crippen LogP contribution in [-0.2, 0) is 0 Å². The molecule has 0 saturated heterocycles. The van der Waals surface area contributed by atoms with E-state index < -0.39 is 0 Å². The Bertz CT molecular complexity index is 199. The highest BCUT2D eigenvalue weighted by Gasteiger charge is 2.13. The van der Waals surface area contributed by atoms with E-state index in [0.29, 0.717) is 6.04 Å². The summed E-state index contributed by atoms with van der Waals surface area (Å²) in [5.41, 5.74) is 3.38. The molecule has 0 aromatic carbocycles. The van der Waals surface area contributed by atoms with Gasteiger partial charge in [-0.25, -0.2) is 4.98 Å². The first-order valence-corrected chi connectivity index (χ1v) is 4.19. The maximum Gasteiger partial charge on any atom is 0.114 e. The van der Waals surface area contributed by atoms with Crippen molar-refractivity contribution in [3.63, 3.8) is 0 Å². The standard InChI is InChI=1S/C8H13N3/c1-2-4-8(3-1)10-11-6-5-9-7-11/h5-8,10H,1-4H2. The highest BCUT2D eigenvalue weighted by atomic mass is 15.4. The molecule has 0 amide bonds. The number of hydrogen-bond acceptors (Lipinski definition) is 2. The van der Waals surface area contributed by atoms with E-state index in [4.69, 9.17) is 0 Å². The third kappa shape index (κ3) is 1.53. The van der Waals surface area contributed by atoms with Gasteiger partial charge in [0.25, 0.3) is 0 Å². The lowest BCUT2D eigenvalue weighted by molar-refractivity contribution is 0.655. The second kappa shape index (κ2) is 2.95. The van der Waals surface area contributed by atoms with Crippen molar-refractivity contribution >= 4 is 0 Å². The first-order chi connectivity index (χ1) is 5.45. The van der Waals surface area contributed by atoms with Crippen LogP contribution in [0, 0.1) is 0 Å². The van der Waals surface area contributed by atoms with Crippen LogP contribution in [0.2, 0.25) is 0 Å². The Morgan fingerprint density at radius 2 is 2.18 bits per heavy atom. The molecule has 1 aromatic heterocycles. The summed E-state index contributed by atoms with van der Waals surface area (Å²) in [5.74, 6) is 0. The van der Waals surface area contributed by atoms with Crippen molar-refractivity contribution in [3.05, 3.63) is 18.7 Å². The molecule has 0 unspecified atom stereocenters. The van der Waals surface area contributed by atoms with E-state index in [-0.39, 0.29) is 0 Å². The maximum atomic E-state index is 3.96. The van der Waals surface area contributed by atoms with E-state index in [0.717, 1.165) is 0 Å². The molecule has 1 N–H and O–H groups in total. The van der Waals surface area contributed by atoms with Gasteiger partial charge in [-0.15, -0.1) is 0 Å². The lowest BCUT2D eigenvalue weighted by atomic mass is 10.3. The smallest absolute Gasteiger partial charge is 0.114 e. The molecule has 0 bridgehead atoms. The van der Waals surface area contributed by atoms with Crippen LogP contribution < -0.4 is 5.43 Å². The Hall–Kier alpha value is -0.990. The molecule has 1 aliphatic carbocycles. The van der Waals surface area contributed by atoms with Gasteiger partial charge in [0.1, 0.15) is 6.33 Å². The number of nitrogens with zero attached hydrogens (tertiary/aromatic N) is 2. The summed E-state index contributed by atoms with van der Waals surface area (Å²) in [6.45, 7) is 0. The normalized spacial score (nSPS) is 18.9. The zero-order valence-corrected chi connectivity index (χ0v) is 6.53. The molecule has 0 spiro atoms. The van der Waals surface area contributed by atoms with E-state index in [1.54, 1.807) is 12.5 Å². The molecule has 0 aliphatic heterocycles. The van der Waals surface area contributed by atoms with Crippen LogP contribution in [0.1, 0.15) is 25.7 Å². The zero-order valence-electron chi connectivity index (χ0n) is 6.53. The Morgan fingerprint density at radius 1 is 1.36 bits per heavy atom. The van der Waals surface area contributed by atoms with E-state index in [9.17, 15) is 0 Å². The molecule has 3 nitrogen and oxygen atoms in total. The van der Waals surface area contributed by atoms with Gasteiger partial charge in [-0.1, -0.05) is 12.8 Å². The molecule has 1 fully saturated rings. The van der Waals surface area contributed by atoms with Gasteiger partial charge < -0.3 is 5.43 Å². The van der Waals surface area contributed by atoms with Crippen molar-refractivity contribution in [2.75, 3.05) is 5.43 Å². The highest BCUT2D eigenvalue weighted by Crippen LogP contribution is 2.18. The predicted octanol–water partition coefficient (Wildman–Crippen LogP) is 1.37. The van der Waals surface area contributed by atoms with Gasteiger partial charge in [-0.3, -0.25) is 4.68 Å². The second-order valence-corrected chi connectivity index (χ2v) is 3.08. The fourth-order valence-corrected chi connectivity index (χ4v) is 1.60. The number of imidazole rings is 1. The summed E-state index contributed by atoms with van der Waals surface area (Å²) in [6, 6.07) is 0.671. The van der Waals surface area contributed by atoms with Crippen molar-refractivity contribution in [2.45, 2.75) is 31.7 Å². The SMILES string of the molecule is c1cn(NC2CCCC2)cn1. The quantitative estimate of drug-likeness (QED) is 0.691. The minimum Gasteiger partial charge on any atom is -0.322 e. The van der Waals surface area contributed by atoms with Crippen LogP contribution in [0.25, 0.3) is 0 Å². The summed E-state index contributed by atoms with van der Waals surface area (Å²) in [6.07, 6.45) is 10.9. The van der Waals surface area contributed by atoms with Crippen molar-refractivity contribution in [1.82, 2.24) is 9.66 Å². The molecule has 1 heterocycles. The summed E-state index contributed by atoms with van der Waals surface area (Å²) >= 11 is 0. The Labute approximate surface area is 66.4 Å². The first kappa shape index (κ1) is 6.70. The molecule has 0 atom stereocenters. The fraction of sp³-hybridized carbons (Fsp3) is 0.625. The summed E-state index contributed by atoms with van der Waals surface area (Å²) in [7, 11) is 0. The average molecular weight is 151 g/mol. The number of hydrogen-bond donors (Lipinski definition) is 1. The third-order valence-electron chi connectivity index (χ3n) is 2.19. The van der Waals surface area contributed by atoms with E-state index in [1.165, 1.54) is 25.7 Å². The van der Waals surface area contributed by atoms with Gasteiger partial charge in [0.05, 0.1) is 0 Å². The minimum atomic E-state index is 0.671. The molecular formula is C8H13N3. The molecule has 1 aromatic rings. The number of rotatable bonds is 2. The number of nitrogens with one attached hydrogen (secondary N) is 1. The van der Waals surface area contributed by atoms with E-state index in [1.807, 2.05) is 10.9 Å². The van der Waals surface area contributed by atoms with Crippen molar-refractivity contribution in [3.8, 4) is 0 Å². The van der Waals surface area contributed by atoms with Gasteiger partial charge >= 0.3 is 0 Å². The summed E-state index contributed by atoms with van der Waals surface area (Å²) < 4.78 is 1.94. The minimum absolute atomic E-state index is 0.671. The average Bonchev–Trinajstić information content (AvgIpc) is 2.60. The van der Waals surface area contributed by atoms with Gasteiger partial charge in [0.2, 0.25) is 0 Å². The van der Waals surface area contributed by atoms with Gasteiger partial charge in [-0.05, 0) is 12.8 Å². The molecule has 1 aliphatic rings. The molecule has 3 heteroatoms. The lowest BCUT2D eigenvalue weighted by Crippen LogP contribution is -2.23. The summed E-state index contributed by atoms with van der Waals surface area (Å²) in [4.78, 5) is 3.96.